The molecule has 0 aliphatic carbocycles. The Hall–Kier alpha value is -1.05. The van der Waals surface area contributed by atoms with Crippen molar-refractivity contribution in [1.29, 1.82) is 0 Å². The molecular formula is C11H13NO4S2. The van der Waals surface area contributed by atoms with Gasteiger partial charge in [-0.3, -0.25) is 4.79 Å². The lowest BCUT2D eigenvalue weighted by atomic mass is 10.3. The van der Waals surface area contributed by atoms with Gasteiger partial charge in [-0.15, -0.1) is 11.8 Å². The molecule has 0 aromatic heterocycles. The quantitative estimate of drug-likeness (QED) is 0.846. The van der Waals surface area contributed by atoms with Crippen molar-refractivity contribution in [2.24, 2.45) is 0 Å². The van der Waals surface area contributed by atoms with E-state index in [9.17, 15) is 13.2 Å². The zero-order valence-electron chi connectivity index (χ0n) is 9.44. The van der Waals surface area contributed by atoms with E-state index in [1.54, 1.807) is 18.2 Å². The molecule has 1 saturated heterocycles. The molecular weight excluding hydrogens is 274 g/mol. The Kier molecular flexibility index (Phi) is 3.94. The summed E-state index contributed by atoms with van der Waals surface area (Å²) in [7, 11) is -3.64. The fraction of sp³-hybridized carbons (Fsp3) is 0.364. The van der Waals surface area contributed by atoms with Crippen LogP contribution in [0, 0.1) is 0 Å². The third-order valence-electron chi connectivity index (χ3n) is 2.66. The summed E-state index contributed by atoms with van der Waals surface area (Å²) in [5, 5.41) is 11.8. The van der Waals surface area contributed by atoms with Gasteiger partial charge in [-0.05, 0) is 12.1 Å². The predicted molar refractivity (Wildman–Crippen MR) is 69.3 cm³/mol. The van der Waals surface area contributed by atoms with Gasteiger partial charge in [-0.2, -0.15) is 0 Å². The first-order valence-electron chi connectivity index (χ1n) is 5.40. The first kappa shape index (κ1) is 13.4. The van der Waals surface area contributed by atoms with Gasteiger partial charge in [0.15, 0.2) is 9.84 Å². The van der Waals surface area contributed by atoms with Gasteiger partial charge in [0.25, 0.3) is 0 Å². The number of nitrogens with one attached hydrogen (secondary N) is 1. The first-order chi connectivity index (χ1) is 8.53. The average molecular weight is 287 g/mol. The molecule has 0 bridgehead atoms. The molecule has 0 spiro atoms. The highest BCUT2D eigenvalue weighted by molar-refractivity contribution is 8.13. The Morgan fingerprint density at radius 1 is 1.33 bits per heavy atom. The van der Waals surface area contributed by atoms with Crippen LogP contribution in [-0.4, -0.2) is 42.4 Å². The summed E-state index contributed by atoms with van der Waals surface area (Å²) in [5.41, 5.74) is 0. The summed E-state index contributed by atoms with van der Waals surface area (Å²) in [6.07, 6.45) is 0. The molecule has 18 heavy (non-hydrogen) atoms. The van der Waals surface area contributed by atoms with Gasteiger partial charge in [0, 0.05) is 12.3 Å². The molecule has 1 heterocycles. The van der Waals surface area contributed by atoms with Gasteiger partial charge < -0.3 is 10.4 Å². The number of carbonyl (C=O) groups is 1. The van der Waals surface area contributed by atoms with Crippen molar-refractivity contribution in [2.75, 3.05) is 12.3 Å². The van der Waals surface area contributed by atoms with E-state index < -0.39 is 26.4 Å². The Morgan fingerprint density at radius 3 is 2.61 bits per heavy atom. The van der Waals surface area contributed by atoms with Crippen LogP contribution in [0.2, 0.25) is 0 Å². The maximum atomic E-state index is 12.4. The van der Waals surface area contributed by atoms with Gasteiger partial charge in [0.2, 0.25) is 0 Å². The Balaban J connectivity index is 2.36. The van der Waals surface area contributed by atoms with E-state index in [2.05, 4.69) is 5.32 Å². The molecule has 1 aliphatic rings. The molecule has 98 valence electrons. The number of thioether (sulfide) groups is 1. The summed E-state index contributed by atoms with van der Waals surface area (Å²) in [5.74, 6) is -0.549. The molecule has 0 radical (unpaired) electrons. The number of hydrogen-bond donors (Lipinski definition) is 2. The molecule has 1 aliphatic heterocycles. The fourth-order valence-corrected chi connectivity index (χ4v) is 5.39. The highest BCUT2D eigenvalue weighted by atomic mass is 32.3. The molecule has 1 aromatic carbocycles. The van der Waals surface area contributed by atoms with Gasteiger partial charge in [0.1, 0.15) is 10.6 Å². The molecule has 2 rings (SSSR count). The van der Waals surface area contributed by atoms with Crippen molar-refractivity contribution in [2.45, 2.75) is 15.5 Å². The average Bonchev–Trinajstić information content (AvgIpc) is 2.39. The van der Waals surface area contributed by atoms with E-state index in [0.717, 1.165) is 0 Å². The van der Waals surface area contributed by atoms with Crippen LogP contribution in [0.4, 0.5) is 0 Å². The summed E-state index contributed by atoms with van der Waals surface area (Å²) >= 11 is 1.17. The predicted octanol–water partition coefficient (Wildman–Crippen LogP) is 0.576. The number of carboxylic acid groups (broad SMARTS) is 1. The van der Waals surface area contributed by atoms with Crippen molar-refractivity contribution in [1.82, 2.24) is 5.32 Å². The topological polar surface area (TPSA) is 83.5 Å². The minimum Gasteiger partial charge on any atom is -0.480 e. The van der Waals surface area contributed by atoms with Gasteiger partial charge >= 0.3 is 5.97 Å². The van der Waals surface area contributed by atoms with Gasteiger partial charge in [0.05, 0.1) is 4.90 Å². The number of rotatable bonds is 3. The lowest BCUT2D eigenvalue weighted by Crippen LogP contribution is -2.52. The normalized spacial score (nSPS) is 24.7. The standard InChI is InChI=1S/C11H13NO4S2/c13-10(14)9-11(17-7-6-12-9)18(15,16)8-4-2-1-3-5-8/h1-5,9,11-12H,6-7H2,(H,13,14). The second kappa shape index (κ2) is 5.29. The van der Waals surface area contributed by atoms with Crippen LogP contribution in [0.25, 0.3) is 0 Å². The molecule has 1 fully saturated rings. The number of sulfone groups is 1. The number of carboxylic acids is 1. The largest absolute Gasteiger partial charge is 0.480 e. The van der Waals surface area contributed by atoms with Crippen molar-refractivity contribution in [3.05, 3.63) is 30.3 Å². The summed E-state index contributed by atoms with van der Waals surface area (Å²) < 4.78 is 23.8. The van der Waals surface area contributed by atoms with Crippen LogP contribution in [0.15, 0.2) is 35.2 Å². The second-order valence-electron chi connectivity index (χ2n) is 3.87. The SMILES string of the molecule is O=C(O)C1NCCSC1S(=O)(=O)c1ccccc1. The molecule has 5 nitrogen and oxygen atoms in total. The lowest BCUT2D eigenvalue weighted by Gasteiger charge is -2.28. The van der Waals surface area contributed by atoms with Crippen LogP contribution in [0.5, 0.6) is 0 Å². The van der Waals surface area contributed by atoms with Crippen molar-refractivity contribution >= 4 is 27.6 Å². The number of hydrogen-bond acceptors (Lipinski definition) is 5. The van der Waals surface area contributed by atoms with E-state index in [0.29, 0.717) is 12.3 Å². The van der Waals surface area contributed by atoms with Gasteiger partial charge in [-0.1, -0.05) is 18.2 Å². The Bertz CT molecular complexity index is 529. The van der Waals surface area contributed by atoms with Crippen LogP contribution in [0.1, 0.15) is 0 Å². The molecule has 1 aromatic rings. The Labute approximate surface area is 110 Å². The van der Waals surface area contributed by atoms with Crippen molar-refractivity contribution < 1.29 is 18.3 Å². The molecule has 0 amide bonds. The minimum absolute atomic E-state index is 0.164. The maximum Gasteiger partial charge on any atom is 0.322 e. The van der Waals surface area contributed by atoms with E-state index in [-0.39, 0.29) is 4.90 Å². The molecule has 2 atom stereocenters. The molecule has 2 unspecified atom stereocenters. The maximum absolute atomic E-state index is 12.4. The van der Waals surface area contributed by atoms with Crippen molar-refractivity contribution in [3.8, 4) is 0 Å². The van der Waals surface area contributed by atoms with Crippen LogP contribution >= 0.6 is 11.8 Å². The summed E-state index contributed by atoms with van der Waals surface area (Å²) in [6, 6.07) is 6.90. The second-order valence-corrected chi connectivity index (χ2v) is 7.48. The third-order valence-corrected chi connectivity index (χ3v) is 6.69. The number of aliphatic carboxylic acids is 1. The smallest absolute Gasteiger partial charge is 0.322 e. The zero-order chi connectivity index (χ0) is 13.2. The highest BCUT2D eigenvalue weighted by Crippen LogP contribution is 2.29. The minimum atomic E-state index is -3.64. The van der Waals surface area contributed by atoms with E-state index in [4.69, 9.17) is 5.11 Å². The van der Waals surface area contributed by atoms with Gasteiger partial charge in [-0.25, -0.2) is 8.42 Å². The van der Waals surface area contributed by atoms with E-state index in [1.807, 2.05) is 0 Å². The third kappa shape index (κ3) is 2.52. The Morgan fingerprint density at radius 2 is 2.00 bits per heavy atom. The lowest BCUT2D eigenvalue weighted by molar-refractivity contribution is -0.139. The highest BCUT2D eigenvalue weighted by Gasteiger charge is 2.41. The monoisotopic (exact) mass is 287 g/mol. The van der Waals surface area contributed by atoms with E-state index in [1.165, 1.54) is 23.9 Å². The van der Waals surface area contributed by atoms with Crippen molar-refractivity contribution in [3.63, 3.8) is 0 Å². The first-order valence-corrected chi connectivity index (χ1v) is 8.00. The van der Waals surface area contributed by atoms with Crippen LogP contribution < -0.4 is 5.32 Å². The molecule has 2 N–H and O–H groups in total. The van der Waals surface area contributed by atoms with E-state index >= 15 is 0 Å². The molecule has 0 saturated carbocycles. The van der Waals surface area contributed by atoms with Crippen LogP contribution in [0.3, 0.4) is 0 Å². The van der Waals surface area contributed by atoms with Crippen LogP contribution in [-0.2, 0) is 14.6 Å². The fourth-order valence-electron chi connectivity index (χ4n) is 1.80. The summed E-state index contributed by atoms with van der Waals surface area (Å²) in [4.78, 5) is 11.3. The zero-order valence-corrected chi connectivity index (χ0v) is 11.1. The molecule has 7 heteroatoms. The summed E-state index contributed by atoms with van der Waals surface area (Å²) in [6.45, 7) is 0.502. The number of benzene rings is 1.